The van der Waals surface area contributed by atoms with E-state index in [1.807, 2.05) is 30.5 Å². The van der Waals surface area contributed by atoms with Crippen molar-refractivity contribution in [1.29, 1.82) is 0 Å². The zero-order chi connectivity index (χ0) is 18.4. The molecule has 1 fully saturated rings. The molecule has 0 bridgehead atoms. The Balaban J connectivity index is 1.70. The lowest BCUT2D eigenvalue weighted by atomic mass is 10.1. The summed E-state index contributed by atoms with van der Waals surface area (Å²) in [6.07, 6.45) is 4.12. The van der Waals surface area contributed by atoms with Gasteiger partial charge in [0.1, 0.15) is 18.2 Å². The number of likely N-dealkylation sites (tertiary alicyclic amines) is 1. The van der Waals surface area contributed by atoms with Crippen LogP contribution in [0.15, 0.2) is 36.5 Å². The molecule has 1 aromatic carbocycles. The second kappa shape index (κ2) is 9.07. The lowest BCUT2D eigenvalue weighted by Crippen LogP contribution is -2.25. The Bertz CT molecular complexity index is 708. The predicted molar refractivity (Wildman–Crippen MR) is 101 cm³/mol. The number of aromatic nitrogens is 2. The van der Waals surface area contributed by atoms with E-state index in [0.717, 1.165) is 49.7 Å². The molecule has 26 heavy (non-hydrogen) atoms. The summed E-state index contributed by atoms with van der Waals surface area (Å²) in [5, 5.41) is 8.91. The quantitative estimate of drug-likeness (QED) is 0.783. The molecule has 1 aromatic heterocycles. The summed E-state index contributed by atoms with van der Waals surface area (Å²) >= 11 is 0. The lowest BCUT2D eigenvalue weighted by Gasteiger charge is -2.24. The second-order valence-electron chi connectivity index (χ2n) is 6.99. The van der Waals surface area contributed by atoms with Crippen LogP contribution in [0.4, 0.5) is 0 Å². The summed E-state index contributed by atoms with van der Waals surface area (Å²) in [4.78, 5) is 13.9. The van der Waals surface area contributed by atoms with Crippen LogP contribution >= 0.6 is 0 Å². The average molecular weight is 356 g/mol. The molecule has 3 rings (SSSR count). The molecule has 1 aliphatic rings. The van der Waals surface area contributed by atoms with Crippen LogP contribution < -0.4 is 4.74 Å². The van der Waals surface area contributed by atoms with Crippen LogP contribution in [-0.4, -0.2) is 58.7 Å². The van der Waals surface area contributed by atoms with Gasteiger partial charge in [-0.1, -0.05) is 12.1 Å². The average Bonchev–Trinajstić information content (AvgIpc) is 3.08. The van der Waals surface area contributed by atoms with Gasteiger partial charge in [0.15, 0.2) is 0 Å². The molecule has 6 heteroatoms. The van der Waals surface area contributed by atoms with E-state index in [1.165, 1.54) is 5.56 Å². The largest absolute Gasteiger partial charge is 0.491 e. The highest BCUT2D eigenvalue weighted by molar-refractivity contribution is 5.28. The minimum absolute atomic E-state index is 0.0268. The van der Waals surface area contributed by atoms with Crippen molar-refractivity contribution >= 4 is 0 Å². The summed E-state index contributed by atoms with van der Waals surface area (Å²) in [5.41, 5.74) is 2.27. The minimum Gasteiger partial charge on any atom is -0.491 e. The summed E-state index contributed by atoms with van der Waals surface area (Å²) in [7, 11) is 4.10. The van der Waals surface area contributed by atoms with E-state index >= 15 is 0 Å². The van der Waals surface area contributed by atoms with E-state index in [2.05, 4.69) is 34.9 Å². The number of nitrogens with zero attached hydrogens (tertiary/aromatic N) is 4. The Labute approximate surface area is 155 Å². The van der Waals surface area contributed by atoms with Crippen LogP contribution in [0.5, 0.6) is 5.75 Å². The molecule has 0 radical (unpaired) electrons. The van der Waals surface area contributed by atoms with E-state index < -0.39 is 0 Å². The van der Waals surface area contributed by atoms with E-state index in [4.69, 9.17) is 14.8 Å². The van der Waals surface area contributed by atoms with Gasteiger partial charge in [-0.25, -0.2) is 9.97 Å². The molecule has 0 saturated carbocycles. The maximum Gasteiger partial charge on any atom is 0.145 e. The van der Waals surface area contributed by atoms with Gasteiger partial charge in [-0.15, -0.1) is 0 Å². The van der Waals surface area contributed by atoms with Crippen LogP contribution in [0.25, 0.3) is 0 Å². The number of hydrogen-bond acceptors (Lipinski definition) is 6. The molecule has 0 spiro atoms. The number of aliphatic hydroxyl groups excluding tert-OH is 1. The zero-order valence-corrected chi connectivity index (χ0v) is 15.6. The summed E-state index contributed by atoms with van der Waals surface area (Å²) < 4.78 is 5.53. The highest BCUT2D eigenvalue weighted by Crippen LogP contribution is 2.31. The number of rotatable bonds is 8. The standard InChI is InChI=1S/C20H28N4O2/c1-23(2)15-17-8-9-21-20(22-17)19-7-4-10-24(19)14-16-5-3-6-18(13-16)26-12-11-25/h3,5-6,8-9,13,19,25H,4,7,10-12,14-15H2,1-2H3. The molecule has 1 unspecified atom stereocenters. The van der Waals surface area contributed by atoms with Gasteiger partial charge in [0.2, 0.25) is 0 Å². The first-order valence-electron chi connectivity index (χ1n) is 9.19. The Morgan fingerprint density at radius 1 is 1.31 bits per heavy atom. The van der Waals surface area contributed by atoms with Gasteiger partial charge in [0.25, 0.3) is 0 Å². The maximum atomic E-state index is 8.91. The Hall–Kier alpha value is -2.02. The van der Waals surface area contributed by atoms with E-state index in [0.29, 0.717) is 6.61 Å². The van der Waals surface area contributed by atoms with Crippen molar-refractivity contribution < 1.29 is 9.84 Å². The highest BCUT2D eigenvalue weighted by Gasteiger charge is 2.28. The fourth-order valence-corrected chi connectivity index (χ4v) is 3.42. The molecule has 1 atom stereocenters. The van der Waals surface area contributed by atoms with Crippen LogP contribution in [0.2, 0.25) is 0 Å². The molecule has 1 saturated heterocycles. The topological polar surface area (TPSA) is 61.7 Å². The number of hydrogen-bond donors (Lipinski definition) is 1. The highest BCUT2D eigenvalue weighted by atomic mass is 16.5. The number of benzene rings is 1. The van der Waals surface area contributed by atoms with Gasteiger partial charge in [-0.05, 0) is 57.2 Å². The molecule has 0 aliphatic carbocycles. The van der Waals surface area contributed by atoms with Crippen LogP contribution in [0.1, 0.15) is 36.0 Å². The molecular weight excluding hydrogens is 328 g/mol. The first-order chi connectivity index (χ1) is 12.7. The van der Waals surface area contributed by atoms with Gasteiger partial charge in [-0.2, -0.15) is 0 Å². The predicted octanol–water partition coefficient (Wildman–Crippen LogP) is 2.25. The molecule has 2 aromatic rings. The second-order valence-corrected chi connectivity index (χ2v) is 6.99. The maximum absolute atomic E-state index is 8.91. The number of aliphatic hydroxyl groups is 1. The van der Waals surface area contributed by atoms with Crippen LogP contribution in [0.3, 0.4) is 0 Å². The first kappa shape index (κ1) is 18.8. The van der Waals surface area contributed by atoms with Crippen LogP contribution in [0, 0.1) is 0 Å². The first-order valence-corrected chi connectivity index (χ1v) is 9.19. The molecule has 1 aliphatic heterocycles. The Kier molecular flexibility index (Phi) is 6.55. The molecular formula is C20H28N4O2. The third-order valence-corrected chi connectivity index (χ3v) is 4.52. The van der Waals surface area contributed by atoms with E-state index in [-0.39, 0.29) is 12.6 Å². The molecule has 2 heterocycles. The smallest absolute Gasteiger partial charge is 0.145 e. The van der Waals surface area contributed by atoms with Crippen molar-refractivity contribution in [2.24, 2.45) is 0 Å². The van der Waals surface area contributed by atoms with Crippen molar-refractivity contribution in [3.8, 4) is 5.75 Å². The summed E-state index contributed by atoms with van der Waals surface area (Å²) in [6, 6.07) is 10.3. The monoisotopic (exact) mass is 356 g/mol. The molecule has 1 N–H and O–H groups in total. The fraction of sp³-hybridized carbons (Fsp3) is 0.500. The van der Waals surface area contributed by atoms with Gasteiger partial charge in [0.05, 0.1) is 18.3 Å². The minimum atomic E-state index is 0.0268. The number of ether oxygens (including phenoxy) is 1. The zero-order valence-electron chi connectivity index (χ0n) is 15.6. The third kappa shape index (κ3) is 5.00. The van der Waals surface area contributed by atoms with Crippen molar-refractivity contribution in [2.45, 2.75) is 32.0 Å². The fourth-order valence-electron chi connectivity index (χ4n) is 3.42. The molecule has 0 amide bonds. The van der Waals surface area contributed by atoms with E-state index in [9.17, 15) is 0 Å². The lowest BCUT2D eigenvalue weighted by molar-refractivity contribution is 0.200. The van der Waals surface area contributed by atoms with Gasteiger partial charge >= 0.3 is 0 Å². The van der Waals surface area contributed by atoms with E-state index in [1.54, 1.807) is 0 Å². The third-order valence-electron chi connectivity index (χ3n) is 4.52. The normalized spacial score (nSPS) is 17.8. The van der Waals surface area contributed by atoms with Crippen LogP contribution in [-0.2, 0) is 13.1 Å². The molecule has 140 valence electrons. The summed E-state index contributed by atoms with van der Waals surface area (Å²) in [6.45, 7) is 3.07. The van der Waals surface area contributed by atoms with Gasteiger partial charge < -0.3 is 14.7 Å². The van der Waals surface area contributed by atoms with Gasteiger partial charge in [0, 0.05) is 19.3 Å². The Morgan fingerprint density at radius 2 is 2.19 bits per heavy atom. The van der Waals surface area contributed by atoms with Crippen molar-refractivity contribution in [3.05, 3.63) is 53.6 Å². The van der Waals surface area contributed by atoms with Crippen molar-refractivity contribution in [1.82, 2.24) is 19.8 Å². The van der Waals surface area contributed by atoms with Crippen molar-refractivity contribution in [3.63, 3.8) is 0 Å². The van der Waals surface area contributed by atoms with Crippen molar-refractivity contribution in [2.75, 3.05) is 33.9 Å². The Morgan fingerprint density at radius 3 is 3.00 bits per heavy atom. The molecule has 6 nitrogen and oxygen atoms in total. The summed E-state index contributed by atoms with van der Waals surface area (Å²) in [5.74, 6) is 1.73. The SMILES string of the molecule is CN(C)Cc1ccnc(C2CCCN2Cc2cccc(OCCO)c2)n1. The van der Waals surface area contributed by atoms with Gasteiger partial charge in [-0.3, -0.25) is 4.90 Å².